The Hall–Kier alpha value is -1.02. The second-order valence-corrected chi connectivity index (χ2v) is 5.68. The van der Waals surface area contributed by atoms with E-state index in [9.17, 15) is 4.79 Å². The zero-order chi connectivity index (χ0) is 12.5. The summed E-state index contributed by atoms with van der Waals surface area (Å²) in [5.41, 5.74) is 2.39. The molecule has 1 saturated carbocycles. The topological polar surface area (TPSA) is 29.1 Å². The molecule has 0 bridgehead atoms. The lowest BCUT2D eigenvalue weighted by molar-refractivity contribution is -0.123. The molecule has 0 heterocycles. The molecule has 17 heavy (non-hydrogen) atoms. The third kappa shape index (κ3) is 3.01. The van der Waals surface area contributed by atoms with Crippen molar-refractivity contribution < 1.29 is 4.79 Å². The number of hydrogen-bond acceptors (Lipinski definition) is 1. The Bertz CT molecular complexity index is 428. The van der Waals surface area contributed by atoms with Crippen molar-refractivity contribution in [1.29, 1.82) is 0 Å². The van der Waals surface area contributed by atoms with Gasteiger partial charge in [-0.25, -0.2) is 0 Å². The van der Waals surface area contributed by atoms with Crippen LogP contribution in [-0.4, -0.2) is 5.91 Å². The van der Waals surface area contributed by atoms with Crippen LogP contribution in [0.4, 0.5) is 0 Å². The Morgan fingerprint density at radius 2 is 2.12 bits per heavy atom. The number of nitrogens with one attached hydrogen (secondary N) is 1. The first-order valence-electron chi connectivity index (χ1n) is 5.94. The lowest BCUT2D eigenvalue weighted by Gasteiger charge is -2.07. The van der Waals surface area contributed by atoms with Gasteiger partial charge in [-0.15, -0.1) is 11.6 Å². The molecule has 0 aliphatic heterocycles. The summed E-state index contributed by atoms with van der Waals surface area (Å²) in [4.78, 5) is 11.8. The van der Waals surface area contributed by atoms with Gasteiger partial charge in [0, 0.05) is 18.3 Å². The van der Waals surface area contributed by atoms with E-state index in [1.807, 2.05) is 24.3 Å². The van der Waals surface area contributed by atoms with Gasteiger partial charge in [0.15, 0.2) is 0 Å². The summed E-state index contributed by atoms with van der Waals surface area (Å²) < 4.78 is 0. The normalized spacial score (nSPS) is 21.0. The van der Waals surface area contributed by atoms with E-state index >= 15 is 0 Å². The van der Waals surface area contributed by atoms with Gasteiger partial charge >= 0.3 is 0 Å². The Balaban J connectivity index is 1.87. The van der Waals surface area contributed by atoms with Crippen LogP contribution in [0, 0.1) is 11.3 Å². The fourth-order valence-corrected chi connectivity index (χ4v) is 2.22. The number of benzene rings is 1. The number of carbonyl (C=O) groups is 1. The van der Waals surface area contributed by atoms with Gasteiger partial charge < -0.3 is 5.32 Å². The number of halogens is 1. The van der Waals surface area contributed by atoms with Crippen molar-refractivity contribution in [1.82, 2.24) is 5.32 Å². The quantitative estimate of drug-likeness (QED) is 0.819. The Morgan fingerprint density at radius 3 is 2.71 bits per heavy atom. The molecule has 2 nitrogen and oxygen atoms in total. The smallest absolute Gasteiger partial charge is 0.223 e. The van der Waals surface area contributed by atoms with Crippen molar-refractivity contribution in [3.8, 4) is 0 Å². The fourth-order valence-electron chi connectivity index (χ4n) is 2.05. The minimum Gasteiger partial charge on any atom is -0.352 e. The zero-order valence-corrected chi connectivity index (χ0v) is 11.1. The van der Waals surface area contributed by atoms with Crippen LogP contribution in [0.3, 0.4) is 0 Å². The molecule has 92 valence electrons. The molecular weight excluding hydrogens is 234 g/mol. The largest absolute Gasteiger partial charge is 0.352 e. The molecule has 1 N–H and O–H groups in total. The molecule has 0 spiro atoms. The van der Waals surface area contributed by atoms with Crippen molar-refractivity contribution in [2.24, 2.45) is 11.3 Å². The SMILES string of the molecule is CC1(C)CC1C(=O)NCc1cccc(CCl)c1. The Morgan fingerprint density at radius 1 is 1.47 bits per heavy atom. The maximum Gasteiger partial charge on any atom is 0.223 e. The summed E-state index contributed by atoms with van der Waals surface area (Å²) in [5.74, 6) is 0.877. The lowest BCUT2D eigenvalue weighted by Crippen LogP contribution is -2.26. The highest BCUT2D eigenvalue weighted by atomic mass is 35.5. The molecule has 1 aliphatic carbocycles. The van der Waals surface area contributed by atoms with Crippen LogP contribution in [0.2, 0.25) is 0 Å². The summed E-state index contributed by atoms with van der Waals surface area (Å²) in [5, 5.41) is 2.99. The third-order valence-corrected chi connectivity index (χ3v) is 3.75. The lowest BCUT2D eigenvalue weighted by atomic mass is 10.1. The molecular formula is C14H18ClNO. The van der Waals surface area contributed by atoms with Crippen LogP contribution in [-0.2, 0) is 17.2 Å². The van der Waals surface area contributed by atoms with Crippen LogP contribution in [0.1, 0.15) is 31.4 Å². The van der Waals surface area contributed by atoms with Crippen molar-refractivity contribution in [2.75, 3.05) is 0 Å². The number of amides is 1. The molecule has 2 rings (SSSR count). The standard InChI is InChI=1S/C14H18ClNO/c1-14(2)7-12(14)13(17)16-9-11-5-3-4-10(6-11)8-15/h3-6,12H,7-9H2,1-2H3,(H,16,17). The van der Waals surface area contributed by atoms with Gasteiger partial charge in [-0.05, 0) is 23.0 Å². The van der Waals surface area contributed by atoms with Crippen LogP contribution in [0.5, 0.6) is 0 Å². The minimum atomic E-state index is 0.172. The molecule has 1 aromatic carbocycles. The predicted octanol–water partition coefficient (Wildman–Crippen LogP) is 3.09. The van der Waals surface area contributed by atoms with E-state index in [-0.39, 0.29) is 17.2 Å². The molecule has 1 fully saturated rings. The first-order chi connectivity index (χ1) is 8.03. The van der Waals surface area contributed by atoms with E-state index < -0.39 is 0 Å². The van der Waals surface area contributed by atoms with Crippen molar-refractivity contribution >= 4 is 17.5 Å². The summed E-state index contributed by atoms with van der Waals surface area (Å²) >= 11 is 5.77. The molecule has 0 radical (unpaired) electrons. The molecule has 1 atom stereocenters. The second kappa shape index (κ2) is 4.69. The first-order valence-corrected chi connectivity index (χ1v) is 6.48. The average molecular weight is 252 g/mol. The van der Waals surface area contributed by atoms with Crippen LogP contribution < -0.4 is 5.32 Å². The van der Waals surface area contributed by atoms with Crippen molar-refractivity contribution in [3.63, 3.8) is 0 Å². The minimum absolute atomic E-state index is 0.172. The van der Waals surface area contributed by atoms with Crippen LogP contribution in [0.15, 0.2) is 24.3 Å². The first kappa shape index (κ1) is 12.4. The van der Waals surface area contributed by atoms with Crippen molar-refractivity contribution in [3.05, 3.63) is 35.4 Å². The number of alkyl halides is 1. The molecule has 1 aromatic rings. The molecule has 1 amide bonds. The number of hydrogen-bond donors (Lipinski definition) is 1. The third-order valence-electron chi connectivity index (χ3n) is 3.44. The van der Waals surface area contributed by atoms with Crippen LogP contribution >= 0.6 is 11.6 Å². The van der Waals surface area contributed by atoms with Gasteiger partial charge in [-0.1, -0.05) is 38.1 Å². The van der Waals surface area contributed by atoms with Gasteiger partial charge in [0.2, 0.25) is 5.91 Å². The Labute approximate surface area is 107 Å². The van der Waals surface area contributed by atoms with Gasteiger partial charge in [-0.2, -0.15) is 0 Å². The highest BCUT2D eigenvalue weighted by Gasteiger charge is 2.50. The summed E-state index contributed by atoms with van der Waals surface area (Å²) in [6.07, 6.45) is 1.00. The molecule has 1 unspecified atom stereocenters. The van der Waals surface area contributed by atoms with Gasteiger partial charge in [0.1, 0.15) is 0 Å². The number of carbonyl (C=O) groups excluding carboxylic acids is 1. The monoisotopic (exact) mass is 251 g/mol. The molecule has 3 heteroatoms. The summed E-state index contributed by atoms with van der Waals surface area (Å²) in [6, 6.07) is 8.00. The van der Waals surface area contributed by atoms with Crippen molar-refractivity contribution in [2.45, 2.75) is 32.7 Å². The van der Waals surface area contributed by atoms with E-state index in [0.29, 0.717) is 12.4 Å². The highest BCUT2D eigenvalue weighted by Crippen LogP contribution is 2.51. The molecule has 0 aromatic heterocycles. The van der Waals surface area contributed by atoms with Gasteiger partial charge in [0.05, 0.1) is 0 Å². The highest BCUT2D eigenvalue weighted by molar-refractivity contribution is 6.17. The van der Waals surface area contributed by atoms with Crippen LogP contribution in [0.25, 0.3) is 0 Å². The second-order valence-electron chi connectivity index (χ2n) is 5.42. The molecule has 1 aliphatic rings. The van der Waals surface area contributed by atoms with Gasteiger partial charge in [0.25, 0.3) is 0 Å². The van der Waals surface area contributed by atoms with E-state index in [1.54, 1.807) is 0 Å². The van der Waals surface area contributed by atoms with E-state index in [0.717, 1.165) is 17.5 Å². The Kier molecular flexibility index (Phi) is 3.43. The maximum atomic E-state index is 11.8. The maximum absolute atomic E-state index is 11.8. The molecule has 0 saturated heterocycles. The van der Waals surface area contributed by atoms with E-state index in [4.69, 9.17) is 11.6 Å². The summed E-state index contributed by atoms with van der Waals surface area (Å²) in [6.45, 7) is 4.85. The van der Waals surface area contributed by atoms with E-state index in [2.05, 4.69) is 19.2 Å². The average Bonchev–Trinajstić information content (AvgIpc) is 2.96. The summed E-state index contributed by atoms with van der Waals surface area (Å²) in [7, 11) is 0. The predicted molar refractivity (Wildman–Crippen MR) is 69.7 cm³/mol. The zero-order valence-electron chi connectivity index (χ0n) is 10.3. The number of rotatable bonds is 4. The fraction of sp³-hybridized carbons (Fsp3) is 0.500. The van der Waals surface area contributed by atoms with E-state index in [1.165, 1.54) is 0 Å². The van der Waals surface area contributed by atoms with Gasteiger partial charge in [-0.3, -0.25) is 4.79 Å².